The van der Waals surface area contributed by atoms with E-state index in [2.05, 4.69) is 11.1 Å². The lowest BCUT2D eigenvalue weighted by molar-refractivity contribution is 0.555. The smallest absolute Gasteiger partial charge is 0.211 e. The zero-order valence-electron chi connectivity index (χ0n) is 6.50. The van der Waals surface area contributed by atoms with Crippen LogP contribution in [-0.2, 0) is 4.79 Å². The van der Waals surface area contributed by atoms with Crippen LogP contribution in [0, 0.1) is 0 Å². The van der Waals surface area contributed by atoms with Gasteiger partial charge >= 0.3 is 0 Å². The number of carbonyl (C=O) groups excluding carboxylic acids is 1. The monoisotopic (exact) mass is 139 g/mol. The minimum absolute atomic E-state index is 0.119. The Morgan fingerprint density at radius 3 is 2.90 bits per heavy atom. The molecule has 56 valence electrons. The maximum atomic E-state index is 9.74. The first kappa shape index (κ1) is 9.12. The van der Waals surface area contributed by atoms with E-state index in [1.54, 1.807) is 6.08 Å². The van der Waals surface area contributed by atoms with Gasteiger partial charge in [0.2, 0.25) is 6.08 Å². The maximum Gasteiger partial charge on any atom is 0.235 e. The van der Waals surface area contributed by atoms with E-state index in [1.165, 1.54) is 0 Å². The Balaban J connectivity index is 3.38. The molecule has 0 aromatic rings. The van der Waals surface area contributed by atoms with Gasteiger partial charge in [-0.1, -0.05) is 12.2 Å². The van der Waals surface area contributed by atoms with E-state index < -0.39 is 0 Å². The van der Waals surface area contributed by atoms with Gasteiger partial charge in [0.05, 0.1) is 6.04 Å². The Labute approximate surface area is 61.7 Å². The average molecular weight is 139 g/mol. The van der Waals surface area contributed by atoms with Gasteiger partial charge < -0.3 is 0 Å². The number of aliphatic imine (C=N–C) groups is 1. The minimum atomic E-state index is 0.119. The third kappa shape index (κ3) is 5.26. The van der Waals surface area contributed by atoms with Gasteiger partial charge in [0, 0.05) is 0 Å². The van der Waals surface area contributed by atoms with Crippen LogP contribution in [0.1, 0.15) is 26.7 Å². The van der Waals surface area contributed by atoms with Crippen LogP contribution in [0.3, 0.4) is 0 Å². The van der Waals surface area contributed by atoms with Gasteiger partial charge in [-0.15, -0.1) is 0 Å². The van der Waals surface area contributed by atoms with Crippen molar-refractivity contribution in [1.82, 2.24) is 0 Å². The Hall–Kier alpha value is -0.880. The number of hydrogen-bond acceptors (Lipinski definition) is 2. The summed E-state index contributed by atoms with van der Waals surface area (Å²) in [5.41, 5.74) is 0. The highest BCUT2D eigenvalue weighted by atomic mass is 16.1. The quantitative estimate of drug-likeness (QED) is 0.333. The Kier molecular flexibility index (Phi) is 5.69. The molecule has 1 unspecified atom stereocenters. The molecule has 0 amide bonds. The summed E-state index contributed by atoms with van der Waals surface area (Å²) in [6.45, 7) is 3.89. The van der Waals surface area contributed by atoms with Crippen molar-refractivity contribution in [1.29, 1.82) is 0 Å². The summed E-state index contributed by atoms with van der Waals surface area (Å²) in [7, 11) is 0. The molecule has 1 atom stereocenters. The fourth-order valence-corrected chi connectivity index (χ4v) is 0.659. The van der Waals surface area contributed by atoms with Crippen LogP contribution in [0.5, 0.6) is 0 Å². The summed E-state index contributed by atoms with van der Waals surface area (Å²) in [6.07, 6.45) is 7.53. The van der Waals surface area contributed by atoms with Gasteiger partial charge in [-0.25, -0.2) is 9.79 Å². The van der Waals surface area contributed by atoms with Crippen molar-refractivity contribution in [2.24, 2.45) is 4.99 Å². The number of isocyanates is 1. The van der Waals surface area contributed by atoms with Crippen molar-refractivity contribution in [3.05, 3.63) is 12.2 Å². The number of allylic oxidation sites excluding steroid dienone is 2. The predicted octanol–water partition coefficient (Wildman–Crippen LogP) is 2.07. The Bertz CT molecular complexity index is 145. The maximum absolute atomic E-state index is 9.74. The van der Waals surface area contributed by atoms with Crippen LogP contribution < -0.4 is 0 Å². The molecule has 0 fully saturated rings. The molecule has 0 aliphatic carbocycles. The highest BCUT2D eigenvalue weighted by Gasteiger charge is 1.94. The molecule has 2 heteroatoms. The zero-order valence-corrected chi connectivity index (χ0v) is 6.50. The van der Waals surface area contributed by atoms with Crippen LogP contribution in [0.4, 0.5) is 0 Å². The second-order valence-electron chi connectivity index (χ2n) is 2.22. The molecule has 2 nitrogen and oxygen atoms in total. The molecular formula is C8H13NO. The Morgan fingerprint density at radius 2 is 2.40 bits per heavy atom. The molecule has 0 saturated carbocycles. The molecule has 0 N–H and O–H groups in total. The minimum Gasteiger partial charge on any atom is -0.211 e. The van der Waals surface area contributed by atoms with Gasteiger partial charge in [-0.3, -0.25) is 0 Å². The van der Waals surface area contributed by atoms with E-state index in [0.717, 1.165) is 12.8 Å². The van der Waals surface area contributed by atoms with Crippen molar-refractivity contribution >= 4 is 6.08 Å². The topological polar surface area (TPSA) is 29.4 Å². The van der Waals surface area contributed by atoms with Crippen molar-refractivity contribution in [2.75, 3.05) is 0 Å². The van der Waals surface area contributed by atoms with Crippen LogP contribution in [0.15, 0.2) is 17.1 Å². The van der Waals surface area contributed by atoms with Crippen molar-refractivity contribution in [2.45, 2.75) is 32.7 Å². The predicted molar refractivity (Wildman–Crippen MR) is 41.6 cm³/mol. The van der Waals surface area contributed by atoms with E-state index in [1.807, 2.05) is 19.9 Å². The second-order valence-corrected chi connectivity index (χ2v) is 2.22. The third-order valence-corrected chi connectivity index (χ3v) is 1.26. The molecule has 0 bridgehead atoms. The lowest BCUT2D eigenvalue weighted by atomic mass is 10.2. The first-order valence-electron chi connectivity index (χ1n) is 3.49. The Morgan fingerprint density at radius 1 is 1.70 bits per heavy atom. The fourth-order valence-electron chi connectivity index (χ4n) is 0.659. The molecule has 0 spiro atoms. The lowest BCUT2D eigenvalue weighted by Gasteiger charge is -1.97. The number of rotatable bonds is 4. The molecule has 0 rings (SSSR count). The van der Waals surface area contributed by atoms with Crippen molar-refractivity contribution in [3.63, 3.8) is 0 Å². The van der Waals surface area contributed by atoms with Crippen LogP contribution in [0.25, 0.3) is 0 Å². The molecule has 0 aliphatic rings. The number of nitrogens with zero attached hydrogens (tertiary/aromatic N) is 1. The zero-order chi connectivity index (χ0) is 7.82. The summed E-state index contributed by atoms with van der Waals surface area (Å²) >= 11 is 0. The van der Waals surface area contributed by atoms with Gasteiger partial charge in [0.25, 0.3) is 0 Å². The second kappa shape index (κ2) is 6.24. The fraction of sp³-hybridized carbons (Fsp3) is 0.625. The largest absolute Gasteiger partial charge is 0.235 e. The van der Waals surface area contributed by atoms with Gasteiger partial charge in [-0.05, 0) is 26.7 Å². The summed E-state index contributed by atoms with van der Waals surface area (Å²) in [4.78, 5) is 13.3. The molecule has 0 saturated heterocycles. The molecule has 10 heavy (non-hydrogen) atoms. The van der Waals surface area contributed by atoms with Crippen LogP contribution >= 0.6 is 0 Å². The molecule has 0 aromatic heterocycles. The molecule has 0 aromatic carbocycles. The van der Waals surface area contributed by atoms with E-state index in [4.69, 9.17) is 0 Å². The highest BCUT2D eigenvalue weighted by molar-refractivity contribution is 5.33. The van der Waals surface area contributed by atoms with Crippen molar-refractivity contribution in [3.8, 4) is 0 Å². The van der Waals surface area contributed by atoms with Crippen LogP contribution in [0.2, 0.25) is 0 Å². The summed E-state index contributed by atoms with van der Waals surface area (Å²) < 4.78 is 0. The van der Waals surface area contributed by atoms with E-state index >= 15 is 0 Å². The van der Waals surface area contributed by atoms with Crippen LogP contribution in [-0.4, -0.2) is 12.1 Å². The van der Waals surface area contributed by atoms with Gasteiger partial charge in [-0.2, -0.15) is 0 Å². The summed E-state index contributed by atoms with van der Waals surface area (Å²) in [5.74, 6) is 0. The number of hydrogen-bond donors (Lipinski definition) is 0. The summed E-state index contributed by atoms with van der Waals surface area (Å²) in [5, 5.41) is 0. The lowest BCUT2D eigenvalue weighted by Crippen LogP contribution is -1.94. The van der Waals surface area contributed by atoms with E-state index in [0.29, 0.717) is 0 Å². The normalized spacial score (nSPS) is 13.0. The van der Waals surface area contributed by atoms with E-state index in [-0.39, 0.29) is 6.04 Å². The third-order valence-electron chi connectivity index (χ3n) is 1.26. The van der Waals surface area contributed by atoms with E-state index in [9.17, 15) is 4.79 Å². The van der Waals surface area contributed by atoms with Crippen molar-refractivity contribution < 1.29 is 4.79 Å². The molecule has 0 heterocycles. The van der Waals surface area contributed by atoms with Gasteiger partial charge in [0.1, 0.15) is 0 Å². The van der Waals surface area contributed by atoms with Gasteiger partial charge in [0.15, 0.2) is 0 Å². The molecule has 0 radical (unpaired) electrons. The molecule has 0 aliphatic heterocycles. The first-order chi connectivity index (χ1) is 4.81. The average Bonchev–Trinajstić information content (AvgIpc) is 1.89. The highest BCUT2D eigenvalue weighted by Crippen LogP contribution is 2.00. The molecular weight excluding hydrogens is 126 g/mol. The first-order valence-corrected chi connectivity index (χ1v) is 3.49. The SMILES string of the molecule is CC=CCCC(C)N=C=O. The summed E-state index contributed by atoms with van der Waals surface area (Å²) in [6, 6.07) is 0.119. The standard InChI is InChI=1S/C8H13NO/c1-3-4-5-6-8(2)9-7-10/h3-4,8H,5-6H2,1-2H3.